The van der Waals surface area contributed by atoms with E-state index in [1.807, 2.05) is 6.07 Å². The maximum atomic E-state index is 11.3. The fourth-order valence-electron chi connectivity index (χ4n) is 1.59. The first kappa shape index (κ1) is 14.3. The highest BCUT2D eigenvalue weighted by molar-refractivity contribution is 7.90. The molecule has 0 bridgehead atoms. The van der Waals surface area contributed by atoms with Gasteiger partial charge in [0.1, 0.15) is 18.2 Å². The molecule has 0 aliphatic rings. The lowest BCUT2D eigenvalue weighted by Crippen LogP contribution is -2.09. The maximum absolute atomic E-state index is 11.3. The molecule has 0 fully saturated rings. The molecule has 20 heavy (non-hydrogen) atoms. The first-order valence-corrected chi connectivity index (χ1v) is 7.72. The van der Waals surface area contributed by atoms with Gasteiger partial charge in [-0.15, -0.1) is 0 Å². The van der Waals surface area contributed by atoms with Gasteiger partial charge in [0.15, 0.2) is 9.84 Å². The summed E-state index contributed by atoms with van der Waals surface area (Å²) in [7, 11) is -3.18. The van der Waals surface area contributed by atoms with Gasteiger partial charge in [-0.05, 0) is 42.0 Å². The van der Waals surface area contributed by atoms with E-state index in [4.69, 9.17) is 10.6 Å². The molecule has 0 amide bonds. The van der Waals surface area contributed by atoms with Crippen LogP contribution < -0.4 is 16.0 Å². The topological polar surface area (TPSA) is 94.3 Å². The molecule has 1 heterocycles. The number of nitrogens with zero attached hydrogens (tertiary/aromatic N) is 1. The van der Waals surface area contributed by atoms with Gasteiger partial charge in [-0.2, -0.15) is 0 Å². The minimum Gasteiger partial charge on any atom is -0.489 e. The van der Waals surface area contributed by atoms with Crippen LogP contribution in [0.25, 0.3) is 0 Å². The van der Waals surface area contributed by atoms with E-state index < -0.39 is 9.84 Å². The van der Waals surface area contributed by atoms with Crippen LogP contribution in [0.3, 0.4) is 0 Å². The first-order chi connectivity index (χ1) is 9.49. The zero-order valence-corrected chi connectivity index (χ0v) is 11.7. The third kappa shape index (κ3) is 3.69. The molecule has 2 aromatic rings. The number of anilines is 1. The summed E-state index contributed by atoms with van der Waals surface area (Å²) in [6.45, 7) is 0.343. The Morgan fingerprint density at radius 2 is 1.95 bits per heavy atom. The van der Waals surface area contributed by atoms with E-state index in [1.165, 1.54) is 18.4 Å². The van der Waals surface area contributed by atoms with Gasteiger partial charge in [-0.25, -0.2) is 19.2 Å². The second kappa shape index (κ2) is 5.89. The van der Waals surface area contributed by atoms with Gasteiger partial charge in [0, 0.05) is 12.5 Å². The molecule has 2 rings (SSSR count). The van der Waals surface area contributed by atoms with Gasteiger partial charge in [0.25, 0.3) is 0 Å². The highest BCUT2D eigenvalue weighted by atomic mass is 32.2. The van der Waals surface area contributed by atoms with E-state index >= 15 is 0 Å². The van der Waals surface area contributed by atoms with Crippen LogP contribution in [0, 0.1) is 0 Å². The number of nitrogen functional groups attached to an aromatic ring is 1. The Balaban J connectivity index is 2.04. The van der Waals surface area contributed by atoms with Gasteiger partial charge in [-0.1, -0.05) is 0 Å². The summed E-state index contributed by atoms with van der Waals surface area (Å²) >= 11 is 0. The average Bonchev–Trinajstić information content (AvgIpc) is 2.45. The Labute approximate surface area is 117 Å². The number of hydrazine groups is 1. The molecule has 7 heteroatoms. The van der Waals surface area contributed by atoms with Crippen molar-refractivity contribution >= 4 is 15.7 Å². The average molecular weight is 293 g/mol. The third-order valence-electron chi connectivity index (χ3n) is 2.63. The van der Waals surface area contributed by atoms with Crippen LogP contribution in [0.5, 0.6) is 5.75 Å². The second-order valence-corrected chi connectivity index (χ2v) is 6.24. The number of benzene rings is 1. The first-order valence-electron chi connectivity index (χ1n) is 5.83. The van der Waals surface area contributed by atoms with E-state index in [0.717, 1.165) is 5.56 Å². The summed E-state index contributed by atoms with van der Waals surface area (Å²) in [6.07, 6.45) is 2.79. The molecule has 0 spiro atoms. The SMILES string of the molecule is CS(=O)(=O)c1ccc(OCc2ccnc(NN)c2)cc1. The summed E-state index contributed by atoms with van der Waals surface area (Å²) in [5, 5.41) is 0. The minimum absolute atomic E-state index is 0.267. The fraction of sp³-hybridized carbons (Fsp3) is 0.154. The zero-order valence-electron chi connectivity index (χ0n) is 10.9. The number of nitrogens with one attached hydrogen (secondary N) is 1. The van der Waals surface area contributed by atoms with Crippen LogP contribution in [0.15, 0.2) is 47.5 Å². The minimum atomic E-state index is -3.18. The van der Waals surface area contributed by atoms with E-state index in [1.54, 1.807) is 24.4 Å². The molecular weight excluding hydrogens is 278 g/mol. The predicted molar refractivity (Wildman–Crippen MR) is 75.9 cm³/mol. The van der Waals surface area contributed by atoms with Gasteiger partial charge in [0.05, 0.1) is 4.90 Å². The molecule has 0 aliphatic carbocycles. The van der Waals surface area contributed by atoms with Crippen LogP contribution in [0.2, 0.25) is 0 Å². The molecule has 1 aromatic carbocycles. The maximum Gasteiger partial charge on any atom is 0.175 e. The Kier molecular flexibility index (Phi) is 4.21. The number of pyridine rings is 1. The predicted octanol–water partition coefficient (Wildman–Crippen LogP) is 1.35. The zero-order chi connectivity index (χ0) is 14.6. The van der Waals surface area contributed by atoms with Crippen molar-refractivity contribution in [2.45, 2.75) is 11.5 Å². The van der Waals surface area contributed by atoms with E-state index in [2.05, 4.69) is 10.4 Å². The molecule has 0 atom stereocenters. The Morgan fingerprint density at radius 1 is 1.25 bits per heavy atom. The quantitative estimate of drug-likeness (QED) is 0.638. The lowest BCUT2D eigenvalue weighted by atomic mass is 10.3. The van der Waals surface area contributed by atoms with Crippen molar-refractivity contribution in [3.05, 3.63) is 48.2 Å². The van der Waals surface area contributed by atoms with E-state index in [-0.39, 0.29) is 4.90 Å². The molecule has 0 radical (unpaired) electrons. The Morgan fingerprint density at radius 3 is 2.55 bits per heavy atom. The molecule has 6 nitrogen and oxygen atoms in total. The Bertz CT molecular complexity index is 684. The van der Waals surface area contributed by atoms with Crippen molar-refractivity contribution in [3.63, 3.8) is 0 Å². The number of hydrogen-bond acceptors (Lipinski definition) is 6. The summed E-state index contributed by atoms with van der Waals surface area (Å²) in [6, 6.07) is 9.87. The molecule has 0 aliphatic heterocycles. The molecular formula is C13H15N3O3S. The van der Waals surface area contributed by atoms with Gasteiger partial charge in [0.2, 0.25) is 0 Å². The number of hydrogen-bond donors (Lipinski definition) is 2. The number of rotatable bonds is 5. The van der Waals surface area contributed by atoms with Gasteiger partial charge >= 0.3 is 0 Å². The monoisotopic (exact) mass is 293 g/mol. The number of aromatic nitrogens is 1. The lowest BCUT2D eigenvalue weighted by molar-refractivity contribution is 0.306. The molecule has 1 aromatic heterocycles. The fourth-order valence-corrected chi connectivity index (χ4v) is 2.22. The standard InChI is InChI=1S/C13H15N3O3S/c1-20(17,18)12-4-2-11(3-5-12)19-9-10-6-7-15-13(8-10)16-14/h2-8H,9,14H2,1H3,(H,15,16). The van der Waals surface area contributed by atoms with Crippen molar-refractivity contribution < 1.29 is 13.2 Å². The largest absolute Gasteiger partial charge is 0.489 e. The van der Waals surface area contributed by atoms with Gasteiger partial charge < -0.3 is 10.2 Å². The van der Waals surface area contributed by atoms with Crippen LogP contribution in [0.1, 0.15) is 5.56 Å². The summed E-state index contributed by atoms with van der Waals surface area (Å²) in [5.41, 5.74) is 3.36. The molecule has 0 saturated carbocycles. The molecule has 0 unspecified atom stereocenters. The molecule has 0 saturated heterocycles. The van der Waals surface area contributed by atoms with E-state index in [0.29, 0.717) is 18.2 Å². The molecule has 3 N–H and O–H groups in total. The highest BCUT2D eigenvalue weighted by Crippen LogP contribution is 2.17. The normalized spacial score (nSPS) is 11.1. The van der Waals surface area contributed by atoms with Crippen LogP contribution in [-0.2, 0) is 16.4 Å². The van der Waals surface area contributed by atoms with Crippen LogP contribution in [0.4, 0.5) is 5.82 Å². The van der Waals surface area contributed by atoms with Crippen molar-refractivity contribution in [3.8, 4) is 5.75 Å². The van der Waals surface area contributed by atoms with Crippen molar-refractivity contribution in [1.82, 2.24) is 4.98 Å². The van der Waals surface area contributed by atoms with Crippen LogP contribution >= 0.6 is 0 Å². The molecule has 106 valence electrons. The van der Waals surface area contributed by atoms with Crippen molar-refractivity contribution in [1.29, 1.82) is 0 Å². The van der Waals surface area contributed by atoms with Crippen molar-refractivity contribution in [2.75, 3.05) is 11.7 Å². The third-order valence-corrected chi connectivity index (χ3v) is 3.76. The van der Waals surface area contributed by atoms with E-state index in [9.17, 15) is 8.42 Å². The highest BCUT2D eigenvalue weighted by Gasteiger charge is 2.06. The summed E-state index contributed by atoms with van der Waals surface area (Å²) < 4.78 is 28.2. The van der Waals surface area contributed by atoms with Crippen molar-refractivity contribution in [2.24, 2.45) is 5.84 Å². The van der Waals surface area contributed by atoms with Gasteiger partial charge in [-0.3, -0.25) is 0 Å². The summed E-state index contributed by atoms with van der Waals surface area (Å²) in [4.78, 5) is 4.26. The number of sulfone groups is 1. The smallest absolute Gasteiger partial charge is 0.175 e. The number of nitrogens with two attached hydrogens (primary N) is 1. The number of ether oxygens (including phenoxy) is 1. The second-order valence-electron chi connectivity index (χ2n) is 4.23. The van der Waals surface area contributed by atoms with Crippen LogP contribution in [-0.4, -0.2) is 19.7 Å². The Hall–Kier alpha value is -2.12. The summed E-state index contributed by atoms with van der Waals surface area (Å²) in [5.74, 6) is 6.42. The lowest BCUT2D eigenvalue weighted by Gasteiger charge is -2.08.